The molecule has 1 amide bonds. The molecule has 1 aromatic heterocycles. The average molecular weight is 385 g/mol. The number of amides is 1. The van der Waals surface area contributed by atoms with Crippen molar-refractivity contribution in [3.63, 3.8) is 0 Å². The second kappa shape index (κ2) is 8.46. The first kappa shape index (κ1) is 19.9. The summed E-state index contributed by atoms with van der Waals surface area (Å²) >= 11 is 0. The Morgan fingerprint density at radius 3 is 2.39 bits per heavy atom. The largest absolute Gasteiger partial charge is 0.462 e. The van der Waals surface area contributed by atoms with Crippen LogP contribution >= 0.6 is 0 Å². The summed E-state index contributed by atoms with van der Waals surface area (Å²) in [6.07, 6.45) is 4.86. The molecule has 7 nitrogen and oxygen atoms in total. The van der Waals surface area contributed by atoms with Gasteiger partial charge in [-0.25, -0.2) is 14.3 Å². The Hall–Kier alpha value is -2.83. The van der Waals surface area contributed by atoms with Gasteiger partial charge in [-0.15, -0.1) is 0 Å². The molecule has 2 heterocycles. The molecule has 1 saturated heterocycles. The second-order valence-corrected chi connectivity index (χ2v) is 8.01. The molecule has 1 aromatic carbocycles. The van der Waals surface area contributed by atoms with Gasteiger partial charge in [-0.1, -0.05) is 0 Å². The minimum Gasteiger partial charge on any atom is -0.462 e. The lowest BCUT2D eigenvalue weighted by Gasteiger charge is -2.33. The summed E-state index contributed by atoms with van der Waals surface area (Å²) < 4.78 is 12.6. The molecule has 7 heteroatoms. The fourth-order valence-electron chi connectivity index (χ4n) is 3.06. The Kier molecular flexibility index (Phi) is 6.02. The summed E-state index contributed by atoms with van der Waals surface area (Å²) in [5.41, 5.74) is 0.911. The van der Waals surface area contributed by atoms with Gasteiger partial charge in [-0.3, -0.25) is 0 Å². The zero-order valence-corrected chi connectivity index (χ0v) is 16.6. The number of hydrogen-bond donors (Lipinski definition) is 0. The summed E-state index contributed by atoms with van der Waals surface area (Å²) in [5, 5.41) is 4.16. The van der Waals surface area contributed by atoms with Crippen LogP contribution in [0.1, 0.15) is 44.0 Å². The number of hydrogen-bond acceptors (Lipinski definition) is 5. The SMILES string of the molecule is CC(C)(C)OC(=O)N1CCC(COC(=O)c2ccc(-n3cccn3)cc2)CC1. The standard InChI is InChI=1S/C21H27N3O4/c1-21(2,3)28-20(26)23-13-9-16(10-14-23)15-27-19(25)17-5-7-18(8-6-17)24-12-4-11-22-24/h4-8,11-12,16H,9-10,13-15H2,1-3H3. The Balaban J connectivity index is 1.44. The van der Waals surface area contributed by atoms with Crippen molar-refractivity contribution in [2.45, 2.75) is 39.2 Å². The van der Waals surface area contributed by atoms with Crippen molar-refractivity contribution >= 4 is 12.1 Å². The van der Waals surface area contributed by atoms with Crippen LogP contribution in [0.2, 0.25) is 0 Å². The lowest BCUT2D eigenvalue weighted by molar-refractivity contribution is 0.0115. The third kappa shape index (κ3) is 5.34. The van der Waals surface area contributed by atoms with E-state index in [0.29, 0.717) is 25.3 Å². The van der Waals surface area contributed by atoms with Gasteiger partial charge >= 0.3 is 12.1 Å². The quantitative estimate of drug-likeness (QED) is 0.751. The predicted molar refractivity (Wildman–Crippen MR) is 104 cm³/mol. The topological polar surface area (TPSA) is 73.7 Å². The molecule has 150 valence electrons. The highest BCUT2D eigenvalue weighted by Crippen LogP contribution is 2.20. The monoisotopic (exact) mass is 385 g/mol. The molecule has 1 aliphatic heterocycles. The van der Waals surface area contributed by atoms with Crippen molar-refractivity contribution in [1.82, 2.24) is 14.7 Å². The highest BCUT2D eigenvalue weighted by atomic mass is 16.6. The molecule has 2 aromatic rings. The molecule has 0 atom stereocenters. The molecule has 0 aliphatic carbocycles. The number of benzene rings is 1. The van der Waals surface area contributed by atoms with Crippen LogP contribution < -0.4 is 0 Å². The zero-order valence-electron chi connectivity index (χ0n) is 16.6. The third-order valence-electron chi connectivity index (χ3n) is 4.59. The first-order valence-electron chi connectivity index (χ1n) is 9.57. The maximum atomic E-state index is 12.3. The van der Waals surface area contributed by atoms with Crippen LogP contribution in [0.5, 0.6) is 0 Å². The van der Waals surface area contributed by atoms with Gasteiger partial charge in [0.2, 0.25) is 0 Å². The van der Waals surface area contributed by atoms with Crippen LogP contribution in [0.25, 0.3) is 5.69 Å². The second-order valence-electron chi connectivity index (χ2n) is 8.01. The van der Waals surface area contributed by atoms with Gasteiger partial charge in [0.1, 0.15) is 5.60 Å². The summed E-state index contributed by atoms with van der Waals surface area (Å²) in [6.45, 7) is 7.18. The molecule has 0 N–H and O–H groups in total. The molecule has 1 fully saturated rings. The summed E-state index contributed by atoms with van der Waals surface area (Å²) in [5.74, 6) is -0.0763. The smallest absolute Gasteiger partial charge is 0.410 e. The molecule has 28 heavy (non-hydrogen) atoms. The van der Waals surface area contributed by atoms with E-state index in [-0.39, 0.29) is 18.0 Å². The van der Waals surface area contributed by atoms with Crippen LogP contribution in [-0.2, 0) is 9.47 Å². The van der Waals surface area contributed by atoms with E-state index in [1.165, 1.54) is 0 Å². The van der Waals surface area contributed by atoms with E-state index in [2.05, 4.69) is 5.10 Å². The normalized spacial score (nSPS) is 15.3. The van der Waals surface area contributed by atoms with Crippen molar-refractivity contribution in [2.75, 3.05) is 19.7 Å². The van der Waals surface area contributed by atoms with E-state index in [1.807, 2.05) is 45.2 Å². The average Bonchev–Trinajstić information content (AvgIpc) is 3.20. The summed E-state index contributed by atoms with van der Waals surface area (Å²) in [7, 11) is 0. The minimum atomic E-state index is -0.490. The maximum Gasteiger partial charge on any atom is 0.410 e. The Morgan fingerprint density at radius 1 is 1.14 bits per heavy atom. The third-order valence-corrected chi connectivity index (χ3v) is 4.59. The van der Waals surface area contributed by atoms with Crippen molar-refractivity contribution < 1.29 is 19.1 Å². The number of aromatic nitrogens is 2. The lowest BCUT2D eigenvalue weighted by Crippen LogP contribution is -2.42. The maximum absolute atomic E-state index is 12.3. The summed E-state index contributed by atoms with van der Waals surface area (Å²) in [6, 6.07) is 9.00. The fourth-order valence-corrected chi connectivity index (χ4v) is 3.06. The van der Waals surface area contributed by atoms with Crippen LogP contribution in [0.3, 0.4) is 0 Å². The fraction of sp³-hybridized carbons (Fsp3) is 0.476. The van der Waals surface area contributed by atoms with E-state index >= 15 is 0 Å². The van der Waals surface area contributed by atoms with E-state index in [0.717, 1.165) is 18.5 Å². The molecule has 3 rings (SSSR count). The molecule has 0 unspecified atom stereocenters. The first-order chi connectivity index (χ1) is 13.3. The molecule has 1 aliphatic rings. The first-order valence-corrected chi connectivity index (χ1v) is 9.57. The van der Waals surface area contributed by atoms with Crippen LogP contribution in [0, 0.1) is 5.92 Å². The van der Waals surface area contributed by atoms with E-state index in [4.69, 9.17) is 9.47 Å². The molecule has 0 bridgehead atoms. The van der Waals surface area contributed by atoms with Gasteiger partial charge in [-0.05, 0) is 69.9 Å². The Morgan fingerprint density at radius 2 is 1.82 bits per heavy atom. The number of piperidine rings is 1. The Bertz CT molecular complexity index is 786. The van der Waals surface area contributed by atoms with Gasteiger partial charge in [-0.2, -0.15) is 5.10 Å². The van der Waals surface area contributed by atoms with Crippen LogP contribution in [-0.4, -0.2) is 52.0 Å². The van der Waals surface area contributed by atoms with Crippen LogP contribution in [0.4, 0.5) is 4.79 Å². The van der Waals surface area contributed by atoms with E-state index < -0.39 is 5.60 Å². The van der Waals surface area contributed by atoms with Crippen molar-refractivity contribution in [2.24, 2.45) is 5.92 Å². The summed E-state index contributed by atoms with van der Waals surface area (Å²) in [4.78, 5) is 26.1. The van der Waals surface area contributed by atoms with E-state index in [1.54, 1.807) is 27.9 Å². The predicted octanol–water partition coefficient (Wildman–Crippen LogP) is 3.68. The van der Waals surface area contributed by atoms with Gasteiger partial charge in [0.15, 0.2) is 0 Å². The molecule has 0 saturated carbocycles. The number of carbonyl (C=O) groups is 2. The lowest BCUT2D eigenvalue weighted by atomic mass is 9.98. The van der Waals surface area contributed by atoms with Crippen molar-refractivity contribution in [3.8, 4) is 5.69 Å². The number of rotatable bonds is 4. The number of carbonyl (C=O) groups excluding carboxylic acids is 2. The number of esters is 1. The van der Waals surface area contributed by atoms with Gasteiger partial charge < -0.3 is 14.4 Å². The van der Waals surface area contributed by atoms with Crippen LogP contribution in [0.15, 0.2) is 42.7 Å². The van der Waals surface area contributed by atoms with Gasteiger partial charge in [0.05, 0.1) is 17.9 Å². The van der Waals surface area contributed by atoms with Crippen molar-refractivity contribution in [3.05, 3.63) is 48.3 Å². The molecule has 0 spiro atoms. The number of ether oxygens (including phenoxy) is 2. The van der Waals surface area contributed by atoms with Crippen molar-refractivity contribution in [1.29, 1.82) is 0 Å². The minimum absolute atomic E-state index is 0.256. The molecular weight excluding hydrogens is 358 g/mol. The number of nitrogens with zero attached hydrogens (tertiary/aromatic N) is 3. The zero-order chi connectivity index (χ0) is 20.1. The number of likely N-dealkylation sites (tertiary alicyclic amines) is 1. The van der Waals surface area contributed by atoms with Gasteiger partial charge in [0.25, 0.3) is 0 Å². The molecule has 0 radical (unpaired) electrons. The highest BCUT2D eigenvalue weighted by Gasteiger charge is 2.27. The van der Waals surface area contributed by atoms with Gasteiger partial charge in [0, 0.05) is 25.5 Å². The Labute approximate surface area is 165 Å². The molecular formula is C21H27N3O4. The highest BCUT2D eigenvalue weighted by molar-refractivity contribution is 5.89. The van der Waals surface area contributed by atoms with E-state index in [9.17, 15) is 9.59 Å².